The Morgan fingerprint density at radius 3 is 2.26 bits per heavy atom. The molecule has 2 aliphatic rings. The molecule has 0 radical (unpaired) electrons. The summed E-state index contributed by atoms with van der Waals surface area (Å²) in [4.78, 5) is 33.0. The topological polar surface area (TPSA) is 53.5 Å². The number of piperazine rings is 1. The number of rotatable bonds is 2. The van der Waals surface area contributed by atoms with Crippen molar-refractivity contribution in [2.75, 3.05) is 26.2 Å². The van der Waals surface area contributed by atoms with Crippen LogP contribution in [0, 0.1) is 12.8 Å². The van der Waals surface area contributed by atoms with Crippen LogP contribution in [0.25, 0.3) is 0 Å². The molecule has 0 atom stereocenters. The Labute approximate surface area is 137 Å². The van der Waals surface area contributed by atoms with Crippen molar-refractivity contribution < 1.29 is 9.59 Å². The van der Waals surface area contributed by atoms with E-state index in [1.807, 2.05) is 28.9 Å². The monoisotopic (exact) mass is 315 g/mol. The van der Waals surface area contributed by atoms with Gasteiger partial charge in [-0.05, 0) is 31.9 Å². The molecule has 1 aromatic heterocycles. The highest BCUT2D eigenvalue weighted by atomic mass is 16.2. The largest absolute Gasteiger partial charge is 0.339 e. The van der Waals surface area contributed by atoms with Crippen molar-refractivity contribution >= 4 is 11.8 Å². The van der Waals surface area contributed by atoms with Crippen LogP contribution >= 0.6 is 0 Å². The van der Waals surface area contributed by atoms with Gasteiger partial charge < -0.3 is 9.80 Å². The first kappa shape index (κ1) is 16.0. The molecule has 3 rings (SSSR count). The van der Waals surface area contributed by atoms with E-state index in [2.05, 4.69) is 4.98 Å². The smallest absolute Gasteiger partial charge is 0.255 e. The second-order valence-electron chi connectivity index (χ2n) is 6.64. The molecule has 1 saturated heterocycles. The molecule has 2 fully saturated rings. The molecular weight excluding hydrogens is 290 g/mol. The minimum absolute atomic E-state index is 0.0160. The van der Waals surface area contributed by atoms with E-state index in [4.69, 9.17) is 0 Å². The average molecular weight is 315 g/mol. The van der Waals surface area contributed by atoms with Crippen LogP contribution < -0.4 is 0 Å². The molecule has 1 aromatic rings. The lowest BCUT2D eigenvalue weighted by atomic mass is 9.88. The molecule has 0 aromatic carbocycles. The summed E-state index contributed by atoms with van der Waals surface area (Å²) in [6.45, 7) is 4.45. The number of pyridine rings is 1. The Kier molecular flexibility index (Phi) is 4.94. The minimum atomic E-state index is 0.0160. The molecule has 0 bridgehead atoms. The average Bonchev–Trinajstić information content (AvgIpc) is 2.62. The third-order valence-electron chi connectivity index (χ3n) is 4.99. The predicted octanol–water partition coefficient (Wildman–Crippen LogP) is 2.25. The lowest BCUT2D eigenvalue weighted by molar-refractivity contribution is -0.138. The van der Waals surface area contributed by atoms with Crippen molar-refractivity contribution in [1.82, 2.24) is 14.8 Å². The molecule has 0 unspecified atom stereocenters. The summed E-state index contributed by atoms with van der Waals surface area (Å²) in [5.74, 6) is 0.531. The first-order valence-corrected chi connectivity index (χ1v) is 8.66. The maximum absolute atomic E-state index is 12.5. The fourth-order valence-corrected chi connectivity index (χ4v) is 3.51. The first-order valence-electron chi connectivity index (χ1n) is 8.66. The van der Waals surface area contributed by atoms with Gasteiger partial charge in [0.15, 0.2) is 0 Å². The third-order valence-corrected chi connectivity index (χ3v) is 4.99. The molecular formula is C18H25N3O2. The minimum Gasteiger partial charge on any atom is -0.339 e. The van der Waals surface area contributed by atoms with Crippen molar-refractivity contribution in [3.8, 4) is 0 Å². The molecule has 0 spiro atoms. The number of aromatic nitrogens is 1. The van der Waals surface area contributed by atoms with Gasteiger partial charge in [-0.3, -0.25) is 14.6 Å². The number of amides is 2. The molecule has 124 valence electrons. The zero-order chi connectivity index (χ0) is 16.2. The molecule has 23 heavy (non-hydrogen) atoms. The SMILES string of the molecule is Cc1ccc(C(=O)N2CCN(C(=O)C3CCCCC3)CC2)cn1. The van der Waals surface area contributed by atoms with Crippen LogP contribution in [-0.4, -0.2) is 52.8 Å². The highest BCUT2D eigenvalue weighted by Gasteiger charge is 2.29. The fraction of sp³-hybridized carbons (Fsp3) is 0.611. The number of nitrogens with zero attached hydrogens (tertiary/aromatic N) is 3. The van der Waals surface area contributed by atoms with Gasteiger partial charge in [-0.15, -0.1) is 0 Å². The standard InChI is InChI=1S/C18H25N3O2/c1-14-7-8-16(13-19-14)18(23)21-11-9-20(10-12-21)17(22)15-5-3-2-4-6-15/h7-8,13,15H,2-6,9-12H2,1H3. The van der Waals surface area contributed by atoms with E-state index >= 15 is 0 Å². The molecule has 1 saturated carbocycles. The Morgan fingerprint density at radius 1 is 1.00 bits per heavy atom. The predicted molar refractivity (Wildman–Crippen MR) is 88.0 cm³/mol. The quantitative estimate of drug-likeness (QED) is 0.841. The zero-order valence-electron chi connectivity index (χ0n) is 13.8. The van der Waals surface area contributed by atoms with E-state index in [9.17, 15) is 9.59 Å². The molecule has 2 heterocycles. The van der Waals surface area contributed by atoms with Crippen LogP contribution in [0.15, 0.2) is 18.3 Å². The molecule has 2 amide bonds. The summed E-state index contributed by atoms with van der Waals surface area (Å²) in [6, 6.07) is 3.68. The molecule has 1 aliphatic heterocycles. The Bertz CT molecular complexity index is 556. The number of hydrogen-bond acceptors (Lipinski definition) is 3. The van der Waals surface area contributed by atoms with E-state index in [0.717, 1.165) is 18.5 Å². The Hall–Kier alpha value is -1.91. The fourth-order valence-electron chi connectivity index (χ4n) is 3.51. The van der Waals surface area contributed by atoms with Crippen molar-refractivity contribution in [1.29, 1.82) is 0 Å². The van der Waals surface area contributed by atoms with Crippen molar-refractivity contribution in [3.63, 3.8) is 0 Å². The lowest BCUT2D eigenvalue weighted by Gasteiger charge is -2.37. The van der Waals surface area contributed by atoms with Crippen LogP contribution in [0.4, 0.5) is 0 Å². The van der Waals surface area contributed by atoms with Gasteiger partial charge in [0.2, 0.25) is 5.91 Å². The van der Waals surface area contributed by atoms with Gasteiger partial charge >= 0.3 is 0 Å². The second kappa shape index (κ2) is 7.11. The summed E-state index contributed by atoms with van der Waals surface area (Å²) < 4.78 is 0. The summed E-state index contributed by atoms with van der Waals surface area (Å²) in [5, 5.41) is 0. The number of carbonyl (C=O) groups excluding carboxylic acids is 2. The van der Waals surface area contributed by atoms with Gasteiger partial charge in [0.05, 0.1) is 5.56 Å². The van der Waals surface area contributed by atoms with E-state index in [-0.39, 0.29) is 11.8 Å². The maximum Gasteiger partial charge on any atom is 0.255 e. The van der Waals surface area contributed by atoms with Crippen molar-refractivity contribution in [2.45, 2.75) is 39.0 Å². The van der Waals surface area contributed by atoms with Crippen molar-refractivity contribution in [2.24, 2.45) is 5.92 Å². The third kappa shape index (κ3) is 3.71. The maximum atomic E-state index is 12.5. The highest BCUT2D eigenvalue weighted by Crippen LogP contribution is 2.26. The molecule has 5 heteroatoms. The normalized spacial score (nSPS) is 19.7. The molecule has 5 nitrogen and oxygen atoms in total. The van der Waals surface area contributed by atoms with Gasteiger partial charge in [0.1, 0.15) is 0 Å². The van der Waals surface area contributed by atoms with Gasteiger partial charge in [0, 0.05) is 44.0 Å². The summed E-state index contributed by atoms with van der Waals surface area (Å²) in [5.41, 5.74) is 1.53. The van der Waals surface area contributed by atoms with E-state index < -0.39 is 0 Å². The van der Waals surface area contributed by atoms with E-state index in [0.29, 0.717) is 37.6 Å². The van der Waals surface area contributed by atoms with Crippen LogP contribution in [0.2, 0.25) is 0 Å². The summed E-state index contributed by atoms with van der Waals surface area (Å²) in [7, 11) is 0. The van der Waals surface area contributed by atoms with Gasteiger partial charge in [-0.25, -0.2) is 0 Å². The van der Waals surface area contributed by atoms with Gasteiger partial charge in [-0.1, -0.05) is 19.3 Å². The number of aryl methyl sites for hydroxylation is 1. The summed E-state index contributed by atoms with van der Waals surface area (Å²) >= 11 is 0. The lowest BCUT2D eigenvalue weighted by Crippen LogP contribution is -2.52. The van der Waals surface area contributed by atoms with E-state index in [1.54, 1.807) is 6.20 Å². The van der Waals surface area contributed by atoms with Gasteiger partial charge in [-0.2, -0.15) is 0 Å². The Morgan fingerprint density at radius 2 is 1.65 bits per heavy atom. The van der Waals surface area contributed by atoms with Gasteiger partial charge in [0.25, 0.3) is 5.91 Å². The highest BCUT2D eigenvalue weighted by molar-refractivity contribution is 5.94. The van der Waals surface area contributed by atoms with Crippen LogP contribution in [0.1, 0.15) is 48.2 Å². The first-order chi connectivity index (χ1) is 11.1. The Balaban J connectivity index is 1.54. The van der Waals surface area contributed by atoms with Crippen LogP contribution in [-0.2, 0) is 4.79 Å². The molecule has 0 N–H and O–H groups in total. The zero-order valence-corrected chi connectivity index (χ0v) is 13.8. The molecule has 1 aliphatic carbocycles. The second-order valence-corrected chi connectivity index (χ2v) is 6.64. The van der Waals surface area contributed by atoms with Crippen LogP contribution in [0.3, 0.4) is 0 Å². The van der Waals surface area contributed by atoms with E-state index in [1.165, 1.54) is 19.3 Å². The van der Waals surface area contributed by atoms with Crippen molar-refractivity contribution in [3.05, 3.63) is 29.6 Å². The van der Waals surface area contributed by atoms with Crippen LogP contribution in [0.5, 0.6) is 0 Å². The number of hydrogen-bond donors (Lipinski definition) is 0. The number of carbonyl (C=O) groups is 2. The summed E-state index contributed by atoms with van der Waals surface area (Å²) in [6.07, 6.45) is 7.32.